The van der Waals surface area contributed by atoms with Crippen LogP contribution in [0, 0.1) is 0 Å². The minimum absolute atomic E-state index is 0.425. The van der Waals surface area contributed by atoms with Gasteiger partial charge in [0.15, 0.2) is 6.67 Å². The second-order valence-corrected chi connectivity index (χ2v) is 7.18. The first-order valence-electron chi connectivity index (χ1n) is 8.29. The highest BCUT2D eigenvalue weighted by Crippen LogP contribution is 2.30. The van der Waals surface area contributed by atoms with Gasteiger partial charge in [0, 0.05) is 10.0 Å². The number of ether oxygens (including phenoxy) is 1. The molecule has 2 aromatic carbocycles. The number of carbonyl (C=O) groups excluding carboxylic acids is 2. The molecular formula is C20H20BrN2O3+. The Hall–Kier alpha value is -2.44. The molecule has 134 valence electrons. The summed E-state index contributed by atoms with van der Waals surface area (Å²) in [5, 5.41) is 0. The average molecular weight is 416 g/mol. The van der Waals surface area contributed by atoms with Crippen LogP contribution in [0.15, 0.2) is 59.6 Å². The van der Waals surface area contributed by atoms with E-state index in [0.29, 0.717) is 24.5 Å². The fourth-order valence-corrected chi connectivity index (χ4v) is 3.32. The van der Waals surface area contributed by atoms with Gasteiger partial charge < -0.3 is 9.64 Å². The zero-order chi connectivity index (χ0) is 18.7. The normalized spacial score (nSPS) is 14.3. The predicted octanol–water partition coefficient (Wildman–Crippen LogP) is 2.22. The van der Waals surface area contributed by atoms with Crippen molar-refractivity contribution in [1.82, 2.24) is 0 Å². The topological polar surface area (TPSA) is 51.1 Å². The van der Waals surface area contributed by atoms with Gasteiger partial charge in [0.25, 0.3) is 5.78 Å². The fraction of sp³-hybridized carbons (Fsp3) is 0.200. The Morgan fingerprint density at radius 2 is 1.92 bits per heavy atom. The van der Waals surface area contributed by atoms with Crippen LogP contribution in [0.2, 0.25) is 0 Å². The molecule has 0 aliphatic carbocycles. The van der Waals surface area contributed by atoms with Crippen molar-refractivity contribution >= 4 is 33.3 Å². The van der Waals surface area contributed by atoms with Crippen molar-refractivity contribution in [3.05, 3.63) is 70.7 Å². The number of carbonyl (C=O) groups is 2. The number of quaternary nitrogens is 1. The zero-order valence-electron chi connectivity index (χ0n) is 14.5. The molecule has 26 heavy (non-hydrogen) atoms. The second kappa shape index (κ2) is 7.85. The lowest BCUT2D eigenvalue weighted by molar-refractivity contribution is -0.892. The van der Waals surface area contributed by atoms with Crippen molar-refractivity contribution in [3.63, 3.8) is 0 Å². The first kappa shape index (κ1) is 18.4. The smallest absolute Gasteiger partial charge is 0.303 e. The summed E-state index contributed by atoms with van der Waals surface area (Å²) in [6.45, 7) is 5.26. The zero-order valence-corrected chi connectivity index (χ0v) is 16.1. The van der Waals surface area contributed by atoms with E-state index >= 15 is 0 Å². The molecule has 1 heterocycles. The molecule has 2 aromatic rings. The van der Waals surface area contributed by atoms with E-state index in [4.69, 9.17) is 4.74 Å². The van der Waals surface area contributed by atoms with Crippen LogP contribution in [0.4, 0.5) is 5.69 Å². The largest absolute Gasteiger partial charge is 0.490 e. The molecule has 1 aliphatic rings. The number of hydrogen-bond donors (Lipinski definition) is 1. The molecule has 1 N–H and O–H groups in total. The molecule has 0 fully saturated rings. The Morgan fingerprint density at radius 3 is 2.62 bits per heavy atom. The lowest BCUT2D eigenvalue weighted by atomic mass is 10.1. The summed E-state index contributed by atoms with van der Waals surface area (Å²) >= 11 is 3.35. The maximum atomic E-state index is 12.3. The molecule has 0 saturated heterocycles. The Balaban J connectivity index is 1.67. The monoisotopic (exact) mass is 415 g/mol. The number of nitrogens with zero attached hydrogens (tertiary/aromatic N) is 1. The summed E-state index contributed by atoms with van der Waals surface area (Å²) in [6.07, 6.45) is 1.70. The second-order valence-electron chi connectivity index (χ2n) is 6.26. The van der Waals surface area contributed by atoms with Gasteiger partial charge in [-0.2, -0.15) is 0 Å². The van der Waals surface area contributed by atoms with E-state index < -0.39 is 11.7 Å². The first-order valence-corrected chi connectivity index (χ1v) is 9.08. The number of fused-ring (bicyclic) bond motifs is 1. The summed E-state index contributed by atoms with van der Waals surface area (Å²) in [5.41, 5.74) is 2.26. The van der Waals surface area contributed by atoms with Crippen LogP contribution < -0.4 is 14.5 Å². The Kier molecular flexibility index (Phi) is 5.54. The van der Waals surface area contributed by atoms with Gasteiger partial charge in [-0.05, 0) is 42.5 Å². The molecule has 1 amide bonds. The van der Waals surface area contributed by atoms with E-state index in [2.05, 4.69) is 22.5 Å². The van der Waals surface area contributed by atoms with Crippen LogP contribution in [0.5, 0.6) is 5.75 Å². The van der Waals surface area contributed by atoms with E-state index in [-0.39, 0.29) is 0 Å². The van der Waals surface area contributed by atoms with E-state index in [0.717, 1.165) is 27.2 Å². The highest BCUT2D eigenvalue weighted by atomic mass is 79.9. The highest BCUT2D eigenvalue weighted by Gasteiger charge is 2.37. The summed E-state index contributed by atoms with van der Waals surface area (Å²) in [6, 6.07) is 13.2. The van der Waals surface area contributed by atoms with Crippen molar-refractivity contribution in [3.8, 4) is 5.75 Å². The summed E-state index contributed by atoms with van der Waals surface area (Å²) in [4.78, 5) is 27.2. The molecule has 0 aromatic heterocycles. The van der Waals surface area contributed by atoms with Crippen LogP contribution in [-0.2, 0) is 11.3 Å². The van der Waals surface area contributed by atoms with Gasteiger partial charge in [-0.1, -0.05) is 28.6 Å². The molecule has 0 radical (unpaired) electrons. The number of rotatable bonds is 7. The SMILES string of the molecule is C=CCOc1ccc(C[NH+](C)CN2C(=O)C(=O)c3cc(Br)ccc32)cc1. The third-order valence-electron chi connectivity index (χ3n) is 4.16. The maximum absolute atomic E-state index is 12.3. The minimum Gasteiger partial charge on any atom is -0.490 e. The number of Topliss-reactive ketones (excluding diaryl/α,β-unsaturated/α-hetero) is 1. The number of benzene rings is 2. The molecule has 1 unspecified atom stereocenters. The Labute approximate surface area is 161 Å². The van der Waals surface area contributed by atoms with Gasteiger partial charge in [0.1, 0.15) is 18.9 Å². The minimum atomic E-state index is -0.467. The number of ketones is 1. The molecule has 3 rings (SSSR count). The molecule has 0 bridgehead atoms. The lowest BCUT2D eigenvalue weighted by Crippen LogP contribution is -3.09. The third-order valence-corrected chi connectivity index (χ3v) is 4.65. The van der Waals surface area contributed by atoms with Crippen molar-refractivity contribution in [2.75, 3.05) is 25.2 Å². The van der Waals surface area contributed by atoms with Crippen molar-refractivity contribution < 1.29 is 19.2 Å². The maximum Gasteiger partial charge on any atom is 0.303 e. The Morgan fingerprint density at radius 1 is 1.19 bits per heavy atom. The summed E-state index contributed by atoms with van der Waals surface area (Å²) in [7, 11) is 2.00. The standard InChI is InChI=1S/C20H19BrN2O3/c1-3-10-26-16-7-4-14(5-8-16)12-22(2)13-23-18-9-6-15(21)11-17(18)19(24)20(23)25/h3-9,11H,1,10,12-13H2,2H3/p+1. The molecule has 0 spiro atoms. The van der Waals surface area contributed by atoms with Crippen molar-refractivity contribution in [2.45, 2.75) is 6.54 Å². The quantitative estimate of drug-likeness (QED) is 0.557. The van der Waals surface area contributed by atoms with Crippen LogP contribution in [-0.4, -0.2) is 32.0 Å². The fourth-order valence-electron chi connectivity index (χ4n) is 2.96. The van der Waals surface area contributed by atoms with Gasteiger partial charge in [-0.25, -0.2) is 0 Å². The van der Waals surface area contributed by atoms with Gasteiger partial charge in [0.2, 0.25) is 0 Å². The average Bonchev–Trinajstić information content (AvgIpc) is 2.85. The number of halogens is 1. The molecule has 5 nitrogen and oxygen atoms in total. The molecule has 6 heteroatoms. The van der Waals surface area contributed by atoms with Gasteiger partial charge in [-0.3, -0.25) is 14.5 Å². The van der Waals surface area contributed by atoms with Gasteiger partial charge in [-0.15, -0.1) is 0 Å². The van der Waals surface area contributed by atoms with Gasteiger partial charge in [0.05, 0.1) is 18.3 Å². The molecule has 1 aliphatic heterocycles. The highest BCUT2D eigenvalue weighted by molar-refractivity contribution is 9.10. The van der Waals surface area contributed by atoms with Crippen LogP contribution in [0.3, 0.4) is 0 Å². The van der Waals surface area contributed by atoms with Crippen molar-refractivity contribution in [1.29, 1.82) is 0 Å². The van der Waals surface area contributed by atoms with E-state index in [1.54, 1.807) is 23.1 Å². The van der Waals surface area contributed by atoms with E-state index in [9.17, 15) is 9.59 Å². The first-order chi connectivity index (χ1) is 12.5. The van der Waals surface area contributed by atoms with E-state index in [1.807, 2.05) is 37.4 Å². The number of nitrogens with one attached hydrogen (secondary N) is 1. The summed E-state index contributed by atoms with van der Waals surface area (Å²) in [5.74, 6) is -0.116. The Bertz CT molecular complexity index is 849. The lowest BCUT2D eigenvalue weighted by Gasteiger charge is -2.22. The van der Waals surface area contributed by atoms with Crippen molar-refractivity contribution in [2.24, 2.45) is 0 Å². The summed E-state index contributed by atoms with van der Waals surface area (Å²) < 4.78 is 6.27. The number of anilines is 1. The van der Waals surface area contributed by atoms with Gasteiger partial charge >= 0.3 is 5.91 Å². The number of amides is 1. The molecule has 1 atom stereocenters. The number of hydrogen-bond acceptors (Lipinski definition) is 3. The van der Waals surface area contributed by atoms with E-state index in [1.165, 1.54) is 0 Å². The molecule has 0 saturated carbocycles. The third kappa shape index (κ3) is 3.86. The van der Waals surface area contributed by atoms with Crippen LogP contribution in [0.25, 0.3) is 0 Å². The molecular weight excluding hydrogens is 396 g/mol. The van der Waals surface area contributed by atoms with Crippen LogP contribution >= 0.6 is 15.9 Å². The predicted molar refractivity (Wildman–Crippen MR) is 104 cm³/mol. The van der Waals surface area contributed by atoms with Crippen LogP contribution in [0.1, 0.15) is 15.9 Å².